The number of nitrogens with zero attached hydrogens (tertiary/aromatic N) is 2. The van der Waals surface area contributed by atoms with E-state index in [1.165, 1.54) is 24.3 Å². The summed E-state index contributed by atoms with van der Waals surface area (Å²) in [6, 6.07) is 14.9. The van der Waals surface area contributed by atoms with Gasteiger partial charge >= 0.3 is 6.36 Å². The van der Waals surface area contributed by atoms with Gasteiger partial charge in [-0.15, -0.1) is 13.2 Å². The van der Waals surface area contributed by atoms with Crippen LogP contribution in [0.1, 0.15) is 39.7 Å². The number of rotatable bonds is 7. The van der Waals surface area contributed by atoms with Gasteiger partial charge in [-0.25, -0.2) is 0 Å². The summed E-state index contributed by atoms with van der Waals surface area (Å²) >= 11 is 0. The van der Waals surface area contributed by atoms with Gasteiger partial charge in [0.1, 0.15) is 18.1 Å². The molecule has 2 aromatic carbocycles. The molecule has 0 atom stereocenters. The summed E-state index contributed by atoms with van der Waals surface area (Å²) in [4.78, 5) is 18.9. The van der Waals surface area contributed by atoms with Gasteiger partial charge < -0.3 is 14.4 Å². The minimum absolute atomic E-state index is 0.0938. The van der Waals surface area contributed by atoms with Gasteiger partial charge in [0.05, 0.1) is 5.69 Å². The molecule has 0 bridgehead atoms. The molecule has 3 aromatic rings. The molecule has 8 heteroatoms. The molecule has 0 aliphatic carbocycles. The molecule has 0 unspecified atom stereocenters. The van der Waals surface area contributed by atoms with E-state index in [0.717, 1.165) is 16.8 Å². The Balaban J connectivity index is 1.47. The summed E-state index contributed by atoms with van der Waals surface area (Å²) in [5.41, 5.74) is 3.98. The lowest BCUT2D eigenvalue weighted by Crippen LogP contribution is -2.23. The summed E-state index contributed by atoms with van der Waals surface area (Å²) in [7, 11) is 0. The average molecular weight is 442 g/mol. The van der Waals surface area contributed by atoms with Crippen LogP contribution in [-0.4, -0.2) is 22.2 Å². The Hall–Kier alpha value is -3.55. The van der Waals surface area contributed by atoms with Crippen molar-refractivity contribution in [3.8, 4) is 11.5 Å². The number of carbonyl (C=O) groups is 1. The van der Waals surface area contributed by atoms with Gasteiger partial charge in [-0.2, -0.15) is 0 Å². The monoisotopic (exact) mass is 442 g/mol. The Morgan fingerprint density at radius 1 is 1.06 bits per heavy atom. The molecule has 2 heterocycles. The van der Waals surface area contributed by atoms with Crippen LogP contribution in [-0.2, 0) is 26.1 Å². The molecule has 0 saturated heterocycles. The van der Waals surface area contributed by atoms with Crippen molar-refractivity contribution in [3.05, 3.63) is 88.7 Å². The number of aromatic nitrogens is 1. The minimum Gasteiger partial charge on any atom is -0.487 e. The Labute approximate surface area is 183 Å². The van der Waals surface area contributed by atoms with Gasteiger partial charge in [-0.1, -0.05) is 25.1 Å². The summed E-state index contributed by atoms with van der Waals surface area (Å²) < 4.78 is 46.8. The fourth-order valence-corrected chi connectivity index (χ4v) is 3.72. The highest BCUT2D eigenvalue weighted by molar-refractivity contribution is 6.00. The largest absolute Gasteiger partial charge is 0.573 e. The van der Waals surface area contributed by atoms with Crippen LogP contribution in [0.2, 0.25) is 0 Å². The molecular formula is C24H21F3N2O3. The lowest BCUT2D eigenvalue weighted by Gasteiger charge is -2.16. The second kappa shape index (κ2) is 8.90. The average Bonchev–Trinajstić information content (AvgIpc) is 3.08. The quantitative estimate of drug-likeness (QED) is 0.500. The summed E-state index contributed by atoms with van der Waals surface area (Å²) in [5.74, 6) is 0.290. The maximum Gasteiger partial charge on any atom is 0.573 e. The summed E-state index contributed by atoms with van der Waals surface area (Å²) in [6.45, 7) is 3.00. The molecule has 4 rings (SSSR count). The molecule has 0 radical (unpaired) electrons. The highest BCUT2D eigenvalue weighted by Crippen LogP contribution is 2.32. The van der Waals surface area contributed by atoms with E-state index in [1.807, 2.05) is 37.3 Å². The molecule has 1 aliphatic rings. The molecule has 1 aromatic heterocycles. The van der Waals surface area contributed by atoms with Crippen LogP contribution in [0.15, 0.2) is 60.8 Å². The molecule has 166 valence electrons. The molecule has 0 fully saturated rings. The first-order valence-electron chi connectivity index (χ1n) is 10.1. The normalized spacial score (nSPS) is 13.2. The number of hydrogen-bond acceptors (Lipinski definition) is 4. The van der Waals surface area contributed by atoms with Gasteiger partial charge in [0, 0.05) is 24.8 Å². The van der Waals surface area contributed by atoms with Crippen molar-refractivity contribution >= 4 is 5.91 Å². The van der Waals surface area contributed by atoms with Gasteiger partial charge in [-0.3, -0.25) is 9.78 Å². The smallest absolute Gasteiger partial charge is 0.487 e. The zero-order valence-electron chi connectivity index (χ0n) is 17.4. The van der Waals surface area contributed by atoms with E-state index in [2.05, 4.69) is 9.72 Å². The van der Waals surface area contributed by atoms with Crippen LogP contribution in [0, 0.1) is 0 Å². The third-order valence-electron chi connectivity index (χ3n) is 5.16. The maximum atomic E-state index is 13.0. The van der Waals surface area contributed by atoms with E-state index in [9.17, 15) is 18.0 Å². The fourth-order valence-electron chi connectivity index (χ4n) is 3.72. The third-order valence-corrected chi connectivity index (χ3v) is 5.16. The molecule has 1 amide bonds. The van der Waals surface area contributed by atoms with E-state index in [4.69, 9.17) is 4.74 Å². The van der Waals surface area contributed by atoms with Crippen LogP contribution >= 0.6 is 0 Å². The standard InChI is InChI=1S/C24H21F3N2O3/c1-2-17-11-21(31-15-19-5-3-4-10-28-19)12-18-14-29(23(30)22(17)18)13-16-6-8-20(9-7-16)32-24(25,26)27/h3-12H,2,13-15H2,1H3. The van der Waals surface area contributed by atoms with Crippen molar-refractivity contribution in [1.29, 1.82) is 0 Å². The molecule has 0 spiro atoms. The molecule has 5 nitrogen and oxygen atoms in total. The topological polar surface area (TPSA) is 51.7 Å². The highest BCUT2D eigenvalue weighted by atomic mass is 19.4. The van der Waals surface area contributed by atoms with Crippen molar-refractivity contribution in [2.24, 2.45) is 0 Å². The van der Waals surface area contributed by atoms with Gasteiger partial charge in [0.15, 0.2) is 0 Å². The second-order valence-electron chi connectivity index (χ2n) is 7.43. The van der Waals surface area contributed by atoms with E-state index < -0.39 is 6.36 Å². The lowest BCUT2D eigenvalue weighted by molar-refractivity contribution is -0.274. The number of amides is 1. The Morgan fingerprint density at radius 3 is 2.50 bits per heavy atom. The zero-order valence-corrected chi connectivity index (χ0v) is 17.4. The number of ether oxygens (including phenoxy) is 2. The van der Waals surface area contributed by atoms with Crippen molar-refractivity contribution in [1.82, 2.24) is 9.88 Å². The Bertz CT molecular complexity index is 1100. The first-order valence-corrected chi connectivity index (χ1v) is 10.1. The van der Waals surface area contributed by atoms with Gasteiger partial charge in [-0.05, 0) is 59.5 Å². The van der Waals surface area contributed by atoms with Crippen LogP contribution in [0.4, 0.5) is 13.2 Å². The minimum atomic E-state index is -4.74. The molecule has 0 saturated carbocycles. The molecule has 0 N–H and O–H groups in total. The van der Waals surface area contributed by atoms with E-state index in [-0.39, 0.29) is 18.2 Å². The van der Waals surface area contributed by atoms with E-state index in [1.54, 1.807) is 11.1 Å². The number of halogens is 3. The lowest BCUT2D eigenvalue weighted by atomic mass is 10.0. The third kappa shape index (κ3) is 5.01. The van der Waals surface area contributed by atoms with E-state index in [0.29, 0.717) is 36.4 Å². The van der Waals surface area contributed by atoms with Crippen molar-refractivity contribution in [2.45, 2.75) is 39.4 Å². The number of fused-ring (bicyclic) bond motifs is 1. The fraction of sp³-hybridized carbons (Fsp3) is 0.250. The van der Waals surface area contributed by atoms with Gasteiger partial charge in [0.25, 0.3) is 5.91 Å². The molecular weight excluding hydrogens is 421 g/mol. The van der Waals surface area contributed by atoms with Crippen LogP contribution in [0.5, 0.6) is 11.5 Å². The van der Waals surface area contributed by atoms with Gasteiger partial charge in [0.2, 0.25) is 0 Å². The molecule has 32 heavy (non-hydrogen) atoms. The van der Waals surface area contributed by atoms with Crippen molar-refractivity contribution in [3.63, 3.8) is 0 Å². The van der Waals surface area contributed by atoms with Crippen LogP contribution in [0.25, 0.3) is 0 Å². The first kappa shape index (κ1) is 21.7. The first-order chi connectivity index (χ1) is 15.3. The number of hydrogen-bond donors (Lipinski definition) is 0. The molecule has 1 aliphatic heterocycles. The Morgan fingerprint density at radius 2 is 1.84 bits per heavy atom. The van der Waals surface area contributed by atoms with E-state index >= 15 is 0 Å². The number of benzene rings is 2. The Kier molecular flexibility index (Phi) is 6.03. The van der Waals surface area contributed by atoms with Crippen LogP contribution in [0.3, 0.4) is 0 Å². The maximum absolute atomic E-state index is 13.0. The predicted molar refractivity (Wildman–Crippen MR) is 111 cm³/mol. The number of pyridine rings is 1. The highest BCUT2D eigenvalue weighted by Gasteiger charge is 2.32. The predicted octanol–water partition coefficient (Wildman–Crippen LogP) is 5.28. The number of carbonyl (C=O) groups excluding carboxylic acids is 1. The SMILES string of the molecule is CCc1cc(OCc2ccccn2)cc2c1C(=O)N(Cc1ccc(OC(F)(F)F)cc1)C2. The van der Waals surface area contributed by atoms with Crippen molar-refractivity contribution < 1.29 is 27.4 Å². The second-order valence-corrected chi connectivity index (χ2v) is 7.43. The summed E-state index contributed by atoms with van der Waals surface area (Å²) in [6.07, 6.45) is -2.36. The van der Waals surface area contributed by atoms with Crippen LogP contribution < -0.4 is 9.47 Å². The van der Waals surface area contributed by atoms with Crippen molar-refractivity contribution in [2.75, 3.05) is 0 Å². The zero-order chi connectivity index (χ0) is 22.7. The summed E-state index contributed by atoms with van der Waals surface area (Å²) in [5, 5.41) is 0. The number of alkyl halides is 3. The number of aryl methyl sites for hydroxylation is 1.